The predicted octanol–water partition coefficient (Wildman–Crippen LogP) is 3.09. The van der Waals surface area contributed by atoms with E-state index >= 15 is 0 Å². The first kappa shape index (κ1) is 12.6. The predicted molar refractivity (Wildman–Crippen MR) is 74.7 cm³/mol. The van der Waals surface area contributed by atoms with Crippen LogP contribution < -0.4 is 0 Å². The van der Waals surface area contributed by atoms with Crippen molar-refractivity contribution in [3.05, 3.63) is 34.9 Å². The lowest BCUT2D eigenvalue weighted by Gasteiger charge is -2.25. The third-order valence-corrected chi connectivity index (χ3v) is 5.75. The second-order valence-electron chi connectivity index (χ2n) is 3.89. The van der Waals surface area contributed by atoms with Gasteiger partial charge >= 0.3 is 0 Å². The summed E-state index contributed by atoms with van der Waals surface area (Å²) in [7, 11) is 0. The molecule has 0 radical (unpaired) electrons. The zero-order chi connectivity index (χ0) is 11.4. The third-order valence-electron chi connectivity index (χ3n) is 2.60. The van der Waals surface area contributed by atoms with E-state index in [-0.39, 0.29) is 6.10 Å². The number of hydrogen-bond donors (Lipinski definition) is 1. The molecule has 1 N–H and O–H groups in total. The Morgan fingerprint density at radius 3 is 3.00 bits per heavy atom. The zero-order valence-electron chi connectivity index (χ0n) is 8.93. The van der Waals surface area contributed by atoms with Gasteiger partial charge in [0.05, 0.1) is 6.10 Å². The van der Waals surface area contributed by atoms with E-state index in [0.29, 0.717) is 11.7 Å². The van der Waals surface area contributed by atoms with E-state index < -0.39 is 0 Å². The summed E-state index contributed by atoms with van der Waals surface area (Å²) in [6, 6.07) is 7.76. The van der Waals surface area contributed by atoms with Gasteiger partial charge in [0, 0.05) is 27.5 Å². The number of halogens is 1. The third kappa shape index (κ3) is 3.59. The Bertz CT molecular complexity index is 340. The van der Waals surface area contributed by atoms with Crippen LogP contribution in [-0.4, -0.2) is 33.7 Å². The molecule has 0 bridgehead atoms. The molecule has 4 heteroatoms. The first-order valence-corrected chi connectivity index (χ1v) is 7.96. The van der Waals surface area contributed by atoms with Crippen LogP contribution in [0.1, 0.15) is 5.56 Å². The van der Waals surface area contributed by atoms with Crippen LogP contribution in [0.25, 0.3) is 0 Å². The van der Waals surface area contributed by atoms with Crippen LogP contribution >= 0.6 is 35.1 Å². The lowest BCUT2D eigenvalue weighted by atomic mass is 10.1. The molecule has 2 unspecified atom stereocenters. The van der Waals surface area contributed by atoms with Crippen molar-refractivity contribution in [2.75, 3.05) is 17.3 Å². The van der Waals surface area contributed by atoms with Crippen molar-refractivity contribution in [2.24, 2.45) is 0 Å². The molecule has 1 saturated heterocycles. The summed E-state index contributed by atoms with van der Waals surface area (Å²) in [6.07, 6.45) is 0.454. The molecular formula is C12H15ClOS2. The topological polar surface area (TPSA) is 20.2 Å². The molecule has 0 aromatic heterocycles. The summed E-state index contributed by atoms with van der Waals surface area (Å²) in [4.78, 5) is 0. The van der Waals surface area contributed by atoms with Gasteiger partial charge in [-0.25, -0.2) is 0 Å². The van der Waals surface area contributed by atoms with Crippen molar-refractivity contribution < 1.29 is 5.11 Å². The fraction of sp³-hybridized carbons (Fsp3) is 0.500. The molecule has 88 valence electrons. The second kappa shape index (κ2) is 6.20. The van der Waals surface area contributed by atoms with Crippen molar-refractivity contribution in [2.45, 2.75) is 17.8 Å². The minimum Gasteiger partial charge on any atom is -0.392 e. The minimum atomic E-state index is -0.253. The van der Waals surface area contributed by atoms with E-state index in [2.05, 4.69) is 0 Å². The number of aliphatic hydroxyl groups excluding tert-OH is 1. The van der Waals surface area contributed by atoms with E-state index in [4.69, 9.17) is 11.6 Å². The highest BCUT2D eigenvalue weighted by atomic mass is 35.5. The molecular weight excluding hydrogens is 260 g/mol. The summed E-state index contributed by atoms with van der Waals surface area (Å²) in [5, 5.41) is 11.3. The molecule has 2 atom stereocenters. The fourth-order valence-corrected chi connectivity index (χ4v) is 4.75. The maximum absolute atomic E-state index is 10.1. The maximum atomic E-state index is 10.1. The average molecular weight is 275 g/mol. The molecule has 0 aliphatic carbocycles. The van der Waals surface area contributed by atoms with E-state index in [1.165, 1.54) is 5.75 Å². The van der Waals surface area contributed by atoms with Gasteiger partial charge in [0.15, 0.2) is 0 Å². The molecule has 1 fully saturated rings. The van der Waals surface area contributed by atoms with Gasteiger partial charge in [-0.3, -0.25) is 0 Å². The van der Waals surface area contributed by atoms with Crippen LogP contribution in [0.3, 0.4) is 0 Å². The molecule has 0 spiro atoms. The summed E-state index contributed by atoms with van der Waals surface area (Å²) in [5.74, 6) is 3.43. The smallest absolute Gasteiger partial charge is 0.0707 e. The van der Waals surface area contributed by atoms with Crippen LogP contribution in [0.15, 0.2) is 24.3 Å². The van der Waals surface area contributed by atoms with E-state index in [9.17, 15) is 5.11 Å². The van der Waals surface area contributed by atoms with Gasteiger partial charge in [0.25, 0.3) is 0 Å². The highest BCUT2D eigenvalue weighted by molar-refractivity contribution is 8.06. The van der Waals surface area contributed by atoms with Crippen LogP contribution in [-0.2, 0) is 6.42 Å². The van der Waals surface area contributed by atoms with Crippen molar-refractivity contribution in [3.8, 4) is 0 Å². The average Bonchev–Trinajstić information content (AvgIpc) is 2.30. The van der Waals surface area contributed by atoms with Crippen LogP contribution in [0.4, 0.5) is 0 Å². The quantitative estimate of drug-likeness (QED) is 0.915. The van der Waals surface area contributed by atoms with Crippen molar-refractivity contribution in [1.82, 2.24) is 0 Å². The Morgan fingerprint density at radius 2 is 2.31 bits per heavy atom. The van der Waals surface area contributed by atoms with Crippen molar-refractivity contribution >= 4 is 35.1 Å². The molecule has 1 heterocycles. The van der Waals surface area contributed by atoms with Gasteiger partial charge in [-0.15, -0.1) is 0 Å². The summed E-state index contributed by atoms with van der Waals surface area (Å²) < 4.78 is 0. The van der Waals surface area contributed by atoms with Crippen molar-refractivity contribution in [3.63, 3.8) is 0 Å². The van der Waals surface area contributed by atoms with Gasteiger partial charge in [-0.05, 0) is 24.1 Å². The van der Waals surface area contributed by atoms with Gasteiger partial charge in [0.2, 0.25) is 0 Å². The van der Waals surface area contributed by atoms with Crippen molar-refractivity contribution in [1.29, 1.82) is 0 Å². The summed E-state index contributed by atoms with van der Waals surface area (Å²) in [5.41, 5.74) is 1.12. The SMILES string of the molecule is OC(Cc1cccc(Cl)c1)C1CSCCS1. The van der Waals surface area contributed by atoms with Gasteiger partial charge in [-0.2, -0.15) is 23.5 Å². The largest absolute Gasteiger partial charge is 0.392 e. The Balaban J connectivity index is 1.93. The first-order chi connectivity index (χ1) is 7.75. The van der Waals surface area contributed by atoms with Crippen LogP contribution in [0.2, 0.25) is 5.02 Å². The van der Waals surface area contributed by atoms with Gasteiger partial charge in [-0.1, -0.05) is 23.7 Å². The Hall–Kier alpha value is 0.170. The Labute approximate surface area is 110 Å². The number of benzene rings is 1. The first-order valence-electron chi connectivity index (χ1n) is 5.37. The second-order valence-corrected chi connectivity index (χ2v) is 6.82. The maximum Gasteiger partial charge on any atom is 0.0707 e. The highest BCUT2D eigenvalue weighted by Crippen LogP contribution is 2.28. The number of hydrogen-bond acceptors (Lipinski definition) is 3. The summed E-state index contributed by atoms with van der Waals surface area (Å²) in [6.45, 7) is 0. The highest BCUT2D eigenvalue weighted by Gasteiger charge is 2.22. The minimum absolute atomic E-state index is 0.253. The molecule has 2 rings (SSSR count). The van der Waals surface area contributed by atoms with Gasteiger partial charge < -0.3 is 5.11 Å². The van der Waals surface area contributed by atoms with Gasteiger partial charge in [0.1, 0.15) is 0 Å². The standard InChI is InChI=1S/C12H15ClOS2/c13-10-3-1-2-9(6-10)7-11(14)12-8-15-4-5-16-12/h1-3,6,11-12,14H,4-5,7-8H2. The lowest BCUT2D eigenvalue weighted by Crippen LogP contribution is -2.30. The normalized spacial score (nSPS) is 23.0. The number of thioether (sulfide) groups is 2. The molecule has 0 amide bonds. The molecule has 1 nitrogen and oxygen atoms in total. The molecule has 1 aromatic carbocycles. The number of rotatable bonds is 3. The monoisotopic (exact) mass is 274 g/mol. The molecule has 1 aromatic rings. The van der Waals surface area contributed by atoms with E-state index in [1.54, 1.807) is 0 Å². The van der Waals surface area contributed by atoms with Crippen LogP contribution in [0, 0.1) is 0 Å². The fourth-order valence-electron chi connectivity index (χ4n) is 1.77. The van der Waals surface area contributed by atoms with E-state index in [1.807, 2.05) is 47.8 Å². The lowest BCUT2D eigenvalue weighted by molar-refractivity contribution is 0.177. The van der Waals surface area contributed by atoms with Crippen LogP contribution in [0.5, 0.6) is 0 Å². The molecule has 0 saturated carbocycles. The summed E-state index contributed by atoms with van der Waals surface area (Å²) >= 11 is 9.75. The zero-order valence-corrected chi connectivity index (χ0v) is 11.3. The Morgan fingerprint density at radius 1 is 1.44 bits per heavy atom. The Kier molecular flexibility index (Phi) is 4.89. The molecule has 16 heavy (non-hydrogen) atoms. The number of aliphatic hydroxyl groups is 1. The molecule has 1 aliphatic heterocycles. The molecule has 1 aliphatic rings. The van der Waals surface area contributed by atoms with E-state index in [0.717, 1.165) is 22.1 Å².